The van der Waals surface area contributed by atoms with Crippen molar-refractivity contribution in [3.63, 3.8) is 0 Å². The lowest BCUT2D eigenvalue weighted by atomic mass is 10.0. The molecule has 3 amide bonds. The van der Waals surface area contributed by atoms with E-state index in [1.165, 1.54) is 0 Å². The Bertz CT molecular complexity index is 1420. The average molecular weight is 630 g/mol. The Morgan fingerprint density at radius 1 is 1.09 bits per heavy atom. The number of benzene rings is 3. The standard InChI is InChI=1S/C32H38Cl2N4O5/c1-20-16-38(21(2)19-39)31(40)15-23-14-25(36-32(41)35-24-6-9-26(42-4)10-7-24)8-12-29(23)43-30(20)18-37(3)17-22-5-11-27(33)28(34)13-22/h5-14,20-21,30,39H,15-19H2,1-4H3,(H2,35,36,41)/t20-,21+,30-/m0/s1. The van der Waals surface area contributed by atoms with Crippen molar-refractivity contribution in [2.45, 2.75) is 39.0 Å². The lowest BCUT2D eigenvalue weighted by Gasteiger charge is -2.34. The molecule has 1 heterocycles. The molecule has 0 unspecified atom stereocenters. The first kappa shape index (κ1) is 32.4. The first-order valence-electron chi connectivity index (χ1n) is 14.1. The number of rotatable bonds is 9. The maximum absolute atomic E-state index is 13.5. The summed E-state index contributed by atoms with van der Waals surface area (Å²) in [6, 6.07) is 17.1. The van der Waals surface area contributed by atoms with Crippen LogP contribution in [0.15, 0.2) is 60.7 Å². The molecule has 230 valence electrons. The van der Waals surface area contributed by atoms with Gasteiger partial charge in [-0.15, -0.1) is 0 Å². The van der Waals surface area contributed by atoms with Crippen molar-refractivity contribution in [3.8, 4) is 11.5 Å². The minimum Gasteiger partial charge on any atom is -0.497 e. The van der Waals surface area contributed by atoms with Crippen LogP contribution < -0.4 is 20.1 Å². The maximum atomic E-state index is 13.5. The van der Waals surface area contributed by atoms with E-state index in [2.05, 4.69) is 15.5 Å². The number of hydrogen-bond acceptors (Lipinski definition) is 6. The number of halogens is 2. The van der Waals surface area contributed by atoms with Gasteiger partial charge in [0.05, 0.1) is 36.2 Å². The molecule has 11 heteroatoms. The van der Waals surface area contributed by atoms with Crippen molar-refractivity contribution in [1.29, 1.82) is 0 Å². The highest BCUT2D eigenvalue weighted by atomic mass is 35.5. The molecular weight excluding hydrogens is 591 g/mol. The predicted octanol–water partition coefficient (Wildman–Crippen LogP) is 5.93. The van der Waals surface area contributed by atoms with E-state index in [0.29, 0.717) is 58.1 Å². The van der Waals surface area contributed by atoms with Crippen LogP contribution in [0.5, 0.6) is 11.5 Å². The van der Waals surface area contributed by atoms with Gasteiger partial charge in [-0.1, -0.05) is 36.2 Å². The maximum Gasteiger partial charge on any atom is 0.323 e. The third-order valence-corrected chi connectivity index (χ3v) is 8.19. The molecule has 3 atom stereocenters. The second-order valence-electron chi connectivity index (χ2n) is 11.0. The monoisotopic (exact) mass is 628 g/mol. The van der Waals surface area contributed by atoms with Crippen molar-refractivity contribution < 1.29 is 24.2 Å². The Labute approximate surface area is 262 Å². The van der Waals surface area contributed by atoms with Gasteiger partial charge in [0.25, 0.3) is 0 Å². The van der Waals surface area contributed by atoms with E-state index in [4.69, 9.17) is 32.7 Å². The van der Waals surface area contributed by atoms with Gasteiger partial charge in [0.1, 0.15) is 17.6 Å². The van der Waals surface area contributed by atoms with Crippen molar-refractivity contribution in [3.05, 3.63) is 81.8 Å². The zero-order valence-corrected chi connectivity index (χ0v) is 26.3. The van der Waals surface area contributed by atoms with Gasteiger partial charge in [0, 0.05) is 42.5 Å². The third kappa shape index (κ3) is 8.76. The number of nitrogens with zero attached hydrogens (tertiary/aromatic N) is 2. The number of urea groups is 1. The van der Waals surface area contributed by atoms with Gasteiger partial charge in [0.2, 0.25) is 5.91 Å². The number of aliphatic hydroxyl groups excluding tert-OH is 1. The van der Waals surface area contributed by atoms with Crippen LogP contribution in [0.3, 0.4) is 0 Å². The minimum atomic E-state index is -0.425. The number of methoxy groups -OCH3 is 1. The van der Waals surface area contributed by atoms with Crippen LogP contribution in [-0.2, 0) is 17.8 Å². The zero-order chi connectivity index (χ0) is 31.1. The molecule has 3 N–H and O–H groups in total. The Morgan fingerprint density at radius 3 is 2.47 bits per heavy atom. The summed E-state index contributed by atoms with van der Waals surface area (Å²) in [4.78, 5) is 30.1. The van der Waals surface area contributed by atoms with E-state index in [1.807, 2.05) is 33.0 Å². The van der Waals surface area contributed by atoms with Gasteiger partial charge in [0.15, 0.2) is 0 Å². The number of aliphatic hydroxyl groups is 1. The van der Waals surface area contributed by atoms with Crippen molar-refractivity contribution in [2.75, 3.05) is 44.5 Å². The van der Waals surface area contributed by atoms with Gasteiger partial charge in [-0.25, -0.2) is 4.79 Å². The molecule has 0 spiro atoms. The number of ether oxygens (including phenoxy) is 2. The second-order valence-corrected chi connectivity index (χ2v) is 11.8. The normalized spacial score (nSPS) is 17.7. The summed E-state index contributed by atoms with van der Waals surface area (Å²) in [5, 5.41) is 16.6. The van der Waals surface area contributed by atoms with Gasteiger partial charge in [-0.3, -0.25) is 9.69 Å². The Kier molecular flexibility index (Phi) is 11.2. The fraction of sp³-hybridized carbons (Fsp3) is 0.375. The number of carbonyl (C=O) groups excluding carboxylic acids is 2. The summed E-state index contributed by atoms with van der Waals surface area (Å²) in [6.07, 6.45) is -0.212. The van der Waals surface area contributed by atoms with E-state index in [-0.39, 0.29) is 37.0 Å². The van der Waals surface area contributed by atoms with Crippen LogP contribution in [0.1, 0.15) is 25.0 Å². The number of fused-ring (bicyclic) bond motifs is 1. The van der Waals surface area contributed by atoms with Crippen molar-refractivity contribution in [2.24, 2.45) is 5.92 Å². The van der Waals surface area contributed by atoms with Crippen LogP contribution in [0.2, 0.25) is 10.0 Å². The molecule has 0 radical (unpaired) electrons. The van der Waals surface area contributed by atoms with Gasteiger partial charge in [-0.05, 0) is 74.1 Å². The summed E-state index contributed by atoms with van der Waals surface area (Å²) >= 11 is 12.3. The van der Waals surface area contributed by atoms with Crippen molar-refractivity contribution >= 4 is 46.5 Å². The highest BCUT2D eigenvalue weighted by Crippen LogP contribution is 2.30. The molecular formula is C32H38Cl2N4O5. The van der Waals surface area contributed by atoms with E-state index in [9.17, 15) is 14.7 Å². The molecule has 0 aromatic heterocycles. The number of anilines is 2. The first-order valence-corrected chi connectivity index (χ1v) is 14.9. The summed E-state index contributed by atoms with van der Waals surface area (Å²) in [5.74, 6) is 1.09. The quantitative estimate of drug-likeness (QED) is 0.271. The minimum absolute atomic E-state index is 0.0479. The van der Waals surface area contributed by atoms with E-state index >= 15 is 0 Å². The fourth-order valence-electron chi connectivity index (χ4n) is 5.01. The molecule has 3 aromatic carbocycles. The SMILES string of the molecule is COc1ccc(NC(=O)Nc2ccc3c(c2)CC(=O)N([C@H](C)CO)C[C@H](C)[C@H](CN(C)Cc2ccc(Cl)c(Cl)c2)O3)cc1. The molecule has 1 aliphatic heterocycles. The molecule has 0 fully saturated rings. The summed E-state index contributed by atoms with van der Waals surface area (Å²) in [6.45, 7) is 5.35. The topological polar surface area (TPSA) is 103 Å². The van der Waals surface area contributed by atoms with Crippen LogP contribution >= 0.6 is 23.2 Å². The molecule has 0 aliphatic carbocycles. The number of hydrogen-bond donors (Lipinski definition) is 3. The van der Waals surface area contributed by atoms with Gasteiger partial charge >= 0.3 is 6.03 Å². The number of nitrogens with one attached hydrogen (secondary N) is 2. The van der Waals surface area contributed by atoms with Gasteiger partial charge < -0.3 is 30.1 Å². The highest BCUT2D eigenvalue weighted by molar-refractivity contribution is 6.42. The second kappa shape index (κ2) is 14.8. The number of carbonyl (C=O) groups is 2. The highest BCUT2D eigenvalue weighted by Gasteiger charge is 2.31. The Hall–Kier alpha value is -3.50. The predicted molar refractivity (Wildman–Crippen MR) is 170 cm³/mol. The lowest BCUT2D eigenvalue weighted by molar-refractivity contribution is -0.134. The summed E-state index contributed by atoms with van der Waals surface area (Å²) < 4.78 is 11.8. The lowest BCUT2D eigenvalue weighted by Crippen LogP contribution is -2.47. The number of likely N-dealkylation sites (N-methyl/N-ethyl adjacent to an activating group) is 1. The van der Waals surface area contributed by atoms with Crippen LogP contribution in [-0.4, -0.2) is 72.8 Å². The largest absolute Gasteiger partial charge is 0.497 e. The smallest absolute Gasteiger partial charge is 0.323 e. The van der Waals surface area contributed by atoms with Gasteiger partial charge in [-0.2, -0.15) is 0 Å². The average Bonchev–Trinajstić information content (AvgIpc) is 3.02. The third-order valence-electron chi connectivity index (χ3n) is 7.45. The van der Waals surface area contributed by atoms with E-state index in [0.717, 1.165) is 5.56 Å². The zero-order valence-electron chi connectivity index (χ0n) is 24.8. The fourth-order valence-corrected chi connectivity index (χ4v) is 5.34. The summed E-state index contributed by atoms with van der Waals surface area (Å²) in [7, 11) is 3.58. The molecule has 0 saturated heterocycles. The molecule has 0 bridgehead atoms. The van der Waals surface area contributed by atoms with Crippen LogP contribution in [0.4, 0.5) is 16.2 Å². The molecule has 9 nitrogen and oxygen atoms in total. The molecule has 1 aliphatic rings. The van der Waals surface area contributed by atoms with Crippen LogP contribution in [0.25, 0.3) is 0 Å². The molecule has 3 aromatic rings. The first-order chi connectivity index (χ1) is 20.6. The molecule has 4 rings (SSSR count). The Balaban J connectivity index is 1.55. The summed E-state index contributed by atoms with van der Waals surface area (Å²) in [5.41, 5.74) is 2.79. The molecule has 43 heavy (non-hydrogen) atoms. The van der Waals surface area contributed by atoms with Crippen LogP contribution in [0, 0.1) is 5.92 Å². The molecule has 0 saturated carbocycles. The van der Waals surface area contributed by atoms with Crippen molar-refractivity contribution in [1.82, 2.24) is 9.80 Å². The number of amides is 3. The van der Waals surface area contributed by atoms with E-state index in [1.54, 1.807) is 60.5 Å². The van der Waals surface area contributed by atoms with E-state index < -0.39 is 6.03 Å². The Morgan fingerprint density at radius 2 is 1.79 bits per heavy atom.